The van der Waals surface area contributed by atoms with E-state index in [0.29, 0.717) is 0 Å². The van der Waals surface area contributed by atoms with E-state index in [1.807, 2.05) is 0 Å². The highest BCUT2D eigenvalue weighted by Gasteiger charge is 2.13. The second-order valence-electron chi connectivity index (χ2n) is 8.84. The van der Waals surface area contributed by atoms with Crippen molar-refractivity contribution in [3.63, 3.8) is 0 Å². The summed E-state index contributed by atoms with van der Waals surface area (Å²) >= 11 is 0. The van der Waals surface area contributed by atoms with Crippen molar-refractivity contribution in [2.45, 2.75) is 41.5 Å². The molecular formula is C26H26. The minimum absolute atomic E-state index is 0.0348. The zero-order chi connectivity index (χ0) is 18.9. The van der Waals surface area contributed by atoms with Crippen LogP contribution in [0.4, 0.5) is 0 Å². The van der Waals surface area contributed by atoms with E-state index >= 15 is 0 Å². The summed E-state index contributed by atoms with van der Waals surface area (Å²) in [5.74, 6) is 13.8. The van der Waals surface area contributed by atoms with Crippen molar-refractivity contribution in [1.29, 1.82) is 0 Å². The van der Waals surface area contributed by atoms with Crippen LogP contribution in [-0.4, -0.2) is 0 Å². The van der Waals surface area contributed by atoms with Crippen LogP contribution in [0.5, 0.6) is 0 Å². The van der Waals surface area contributed by atoms with Gasteiger partial charge in [-0.1, -0.05) is 72.2 Å². The molecule has 0 heterocycles. The molecule has 0 radical (unpaired) electrons. The van der Waals surface area contributed by atoms with Gasteiger partial charge in [-0.3, -0.25) is 0 Å². The van der Waals surface area contributed by atoms with Crippen LogP contribution in [0.3, 0.4) is 0 Å². The molecule has 0 N–H and O–H groups in total. The van der Waals surface area contributed by atoms with Crippen LogP contribution in [0, 0.1) is 34.5 Å². The lowest BCUT2D eigenvalue weighted by Crippen LogP contribution is -2.00. The lowest BCUT2D eigenvalue weighted by molar-refractivity contribution is 0.570. The highest BCUT2D eigenvalue weighted by Crippen LogP contribution is 2.32. The maximum Gasteiger partial charge on any atom is 0.0403 e. The van der Waals surface area contributed by atoms with Crippen LogP contribution in [0.2, 0.25) is 0 Å². The molecule has 0 saturated heterocycles. The third-order valence-corrected chi connectivity index (χ3v) is 4.06. The van der Waals surface area contributed by atoms with Gasteiger partial charge in [-0.15, -0.1) is 0 Å². The van der Waals surface area contributed by atoms with E-state index in [2.05, 4.69) is 114 Å². The Kier molecular flexibility index (Phi) is 4.56. The fourth-order valence-corrected chi connectivity index (χ4v) is 2.90. The average molecular weight is 338 g/mol. The second kappa shape index (κ2) is 6.55. The van der Waals surface area contributed by atoms with Crippen molar-refractivity contribution in [3.8, 4) is 23.7 Å². The molecule has 0 amide bonds. The van der Waals surface area contributed by atoms with Gasteiger partial charge in [0.1, 0.15) is 0 Å². The topological polar surface area (TPSA) is 0 Å². The highest BCUT2D eigenvalue weighted by molar-refractivity contribution is 6.09. The first-order valence-corrected chi connectivity index (χ1v) is 9.15. The Morgan fingerprint density at radius 3 is 1.00 bits per heavy atom. The molecule has 3 rings (SSSR count). The summed E-state index contributed by atoms with van der Waals surface area (Å²) in [7, 11) is 0. The van der Waals surface area contributed by atoms with Crippen LogP contribution in [0.1, 0.15) is 52.7 Å². The summed E-state index contributed by atoms with van der Waals surface area (Å²) in [5, 5.41) is 4.73. The van der Waals surface area contributed by atoms with E-state index in [4.69, 9.17) is 0 Å². The molecule has 0 atom stereocenters. The minimum atomic E-state index is -0.0348. The number of hydrogen-bond donors (Lipinski definition) is 0. The standard InChI is InChI=1S/C26H26/c1-25(2,3)17-15-23-19-11-7-9-13-21(19)24(16-18-26(4,5)6)22-14-10-8-12-20(22)23/h7-14H,1-6H3. The lowest BCUT2D eigenvalue weighted by Gasteiger charge is -2.13. The van der Waals surface area contributed by atoms with E-state index < -0.39 is 0 Å². The maximum atomic E-state index is 3.47. The molecule has 0 heteroatoms. The summed E-state index contributed by atoms with van der Waals surface area (Å²) in [4.78, 5) is 0. The SMILES string of the molecule is CC(C)(C)C#Cc1c2ccccc2c(C#CC(C)(C)C)c2ccccc12. The van der Waals surface area contributed by atoms with Crippen LogP contribution in [0.25, 0.3) is 21.5 Å². The first kappa shape index (κ1) is 18.1. The van der Waals surface area contributed by atoms with Gasteiger partial charge in [-0.05, 0) is 63.1 Å². The predicted octanol–water partition coefficient (Wildman–Crippen LogP) is 6.79. The zero-order valence-electron chi connectivity index (χ0n) is 16.6. The van der Waals surface area contributed by atoms with Gasteiger partial charge in [0.25, 0.3) is 0 Å². The van der Waals surface area contributed by atoms with Gasteiger partial charge >= 0.3 is 0 Å². The third-order valence-electron chi connectivity index (χ3n) is 4.06. The first-order valence-electron chi connectivity index (χ1n) is 9.15. The summed E-state index contributed by atoms with van der Waals surface area (Å²) in [6.07, 6.45) is 0. The molecular weight excluding hydrogens is 312 g/mol. The van der Waals surface area contributed by atoms with Crippen molar-refractivity contribution < 1.29 is 0 Å². The third kappa shape index (κ3) is 3.92. The van der Waals surface area contributed by atoms with E-state index in [0.717, 1.165) is 11.1 Å². The number of fused-ring (bicyclic) bond motifs is 2. The fourth-order valence-electron chi connectivity index (χ4n) is 2.90. The molecule has 0 aliphatic heterocycles. The molecule has 0 aliphatic rings. The molecule has 3 aromatic carbocycles. The molecule has 0 nitrogen and oxygen atoms in total. The highest BCUT2D eigenvalue weighted by atomic mass is 14.1. The summed E-state index contributed by atoms with van der Waals surface area (Å²) in [6, 6.07) is 17.0. The number of hydrogen-bond acceptors (Lipinski definition) is 0. The Hall–Kier alpha value is -2.70. The minimum Gasteiger partial charge on any atom is -0.0919 e. The second-order valence-corrected chi connectivity index (χ2v) is 8.84. The Morgan fingerprint density at radius 1 is 0.500 bits per heavy atom. The fraction of sp³-hybridized carbons (Fsp3) is 0.308. The Morgan fingerprint density at radius 2 is 0.769 bits per heavy atom. The van der Waals surface area contributed by atoms with Crippen molar-refractivity contribution in [2.75, 3.05) is 0 Å². The van der Waals surface area contributed by atoms with E-state index in [1.165, 1.54) is 21.5 Å². The normalized spacial score (nSPS) is 11.6. The smallest absolute Gasteiger partial charge is 0.0403 e. The largest absolute Gasteiger partial charge is 0.0919 e. The van der Waals surface area contributed by atoms with Crippen molar-refractivity contribution in [1.82, 2.24) is 0 Å². The van der Waals surface area contributed by atoms with E-state index in [9.17, 15) is 0 Å². The Bertz CT molecular complexity index is 945. The molecule has 0 saturated carbocycles. The molecule has 130 valence electrons. The van der Waals surface area contributed by atoms with Gasteiger partial charge in [-0.25, -0.2) is 0 Å². The summed E-state index contributed by atoms with van der Waals surface area (Å²) in [6.45, 7) is 12.9. The van der Waals surface area contributed by atoms with Crippen LogP contribution >= 0.6 is 0 Å². The Labute approximate surface area is 157 Å². The lowest BCUT2D eigenvalue weighted by atomic mass is 9.90. The molecule has 3 aromatic rings. The zero-order valence-corrected chi connectivity index (χ0v) is 16.6. The predicted molar refractivity (Wildman–Crippen MR) is 114 cm³/mol. The molecule has 0 aliphatic carbocycles. The van der Waals surface area contributed by atoms with Gasteiger partial charge in [0, 0.05) is 22.0 Å². The summed E-state index contributed by atoms with van der Waals surface area (Å²) in [5.41, 5.74) is 2.14. The molecule has 0 spiro atoms. The van der Waals surface area contributed by atoms with Gasteiger partial charge in [0.05, 0.1) is 0 Å². The van der Waals surface area contributed by atoms with Gasteiger partial charge in [-0.2, -0.15) is 0 Å². The van der Waals surface area contributed by atoms with E-state index in [1.54, 1.807) is 0 Å². The monoisotopic (exact) mass is 338 g/mol. The number of benzene rings is 3. The van der Waals surface area contributed by atoms with Crippen LogP contribution in [0.15, 0.2) is 48.5 Å². The Balaban J connectivity index is 2.46. The molecule has 0 unspecified atom stereocenters. The van der Waals surface area contributed by atoms with Crippen LogP contribution < -0.4 is 0 Å². The van der Waals surface area contributed by atoms with E-state index in [-0.39, 0.29) is 10.8 Å². The van der Waals surface area contributed by atoms with Gasteiger partial charge in [0.2, 0.25) is 0 Å². The first-order chi connectivity index (χ1) is 12.2. The average Bonchev–Trinajstić information content (AvgIpc) is 2.56. The number of rotatable bonds is 0. The van der Waals surface area contributed by atoms with Crippen LogP contribution in [-0.2, 0) is 0 Å². The molecule has 0 bridgehead atoms. The molecule has 0 aromatic heterocycles. The molecule has 0 fully saturated rings. The van der Waals surface area contributed by atoms with Gasteiger partial charge in [0.15, 0.2) is 0 Å². The van der Waals surface area contributed by atoms with Crippen molar-refractivity contribution in [3.05, 3.63) is 59.7 Å². The van der Waals surface area contributed by atoms with Crippen molar-refractivity contribution >= 4 is 21.5 Å². The van der Waals surface area contributed by atoms with Gasteiger partial charge < -0.3 is 0 Å². The van der Waals surface area contributed by atoms with Crippen molar-refractivity contribution in [2.24, 2.45) is 10.8 Å². The quantitative estimate of drug-likeness (QED) is 0.313. The molecule has 26 heavy (non-hydrogen) atoms. The summed E-state index contributed by atoms with van der Waals surface area (Å²) < 4.78 is 0. The maximum absolute atomic E-state index is 3.47.